The molecule has 0 amide bonds. The fourth-order valence-corrected chi connectivity index (χ4v) is 4.78. The zero-order chi connectivity index (χ0) is 12.3. The zero-order valence-corrected chi connectivity index (χ0v) is 11.5. The number of piperidine rings is 1. The van der Waals surface area contributed by atoms with E-state index in [0.29, 0.717) is 18.2 Å². The monoisotopic (exact) mass is 260 g/mol. The predicted octanol–water partition coefficient (Wildman–Crippen LogP) is 0.495. The Balaban J connectivity index is 1.69. The first-order chi connectivity index (χ1) is 8.08. The molecule has 0 radical (unpaired) electrons. The Morgan fingerprint density at radius 2 is 2.06 bits per heavy atom. The van der Waals surface area contributed by atoms with Gasteiger partial charge < -0.3 is 10.2 Å². The Labute approximate surface area is 105 Å². The molecule has 0 aromatic rings. The van der Waals surface area contributed by atoms with Gasteiger partial charge in [0.25, 0.3) is 0 Å². The van der Waals surface area contributed by atoms with Gasteiger partial charge in [-0.05, 0) is 51.7 Å². The lowest BCUT2D eigenvalue weighted by molar-refractivity contribution is 0.206. The van der Waals surface area contributed by atoms with Crippen molar-refractivity contribution in [3.63, 3.8) is 0 Å². The van der Waals surface area contributed by atoms with E-state index in [1.54, 1.807) is 0 Å². The minimum Gasteiger partial charge on any atom is -0.315 e. The quantitative estimate of drug-likeness (QED) is 0.799. The van der Waals surface area contributed by atoms with Crippen molar-refractivity contribution in [1.82, 2.24) is 10.2 Å². The summed E-state index contributed by atoms with van der Waals surface area (Å²) < 4.78 is 23.3. The van der Waals surface area contributed by atoms with Crippen molar-refractivity contribution in [2.45, 2.75) is 30.9 Å². The number of hydrogen-bond acceptors (Lipinski definition) is 4. The van der Waals surface area contributed by atoms with E-state index in [1.165, 1.54) is 19.4 Å². The lowest BCUT2D eigenvalue weighted by atomic mass is 9.98. The number of nitrogens with zero attached hydrogens (tertiary/aromatic N) is 1. The van der Waals surface area contributed by atoms with Crippen LogP contribution in [0.5, 0.6) is 0 Å². The highest BCUT2D eigenvalue weighted by atomic mass is 32.2. The van der Waals surface area contributed by atoms with E-state index in [-0.39, 0.29) is 5.25 Å². The number of likely N-dealkylation sites (tertiary alicyclic amines) is 1. The van der Waals surface area contributed by atoms with Crippen LogP contribution in [0.3, 0.4) is 0 Å². The third-order valence-corrected chi connectivity index (χ3v) is 6.27. The Kier molecular flexibility index (Phi) is 4.44. The molecule has 2 rings (SSSR count). The molecule has 2 aliphatic rings. The van der Waals surface area contributed by atoms with E-state index in [0.717, 1.165) is 25.9 Å². The summed E-state index contributed by atoms with van der Waals surface area (Å²) in [5, 5.41) is 3.25. The van der Waals surface area contributed by atoms with Crippen LogP contribution < -0.4 is 5.32 Å². The topological polar surface area (TPSA) is 49.4 Å². The van der Waals surface area contributed by atoms with Gasteiger partial charge in [0.05, 0.1) is 11.0 Å². The van der Waals surface area contributed by atoms with Crippen molar-refractivity contribution >= 4 is 9.84 Å². The van der Waals surface area contributed by atoms with Crippen LogP contribution in [0.1, 0.15) is 25.7 Å². The molecule has 4 nitrogen and oxygen atoms in total. The molecule has 5 heteroatoms. The molecule has 1 N–H and O–H groups in total. The number of rotatable bonds is 4. The summed E-state index contributed by atoms with van der Waals surface area (Å²) in [4.78, 5) is 2.36. The van der Waals surface area contributed by atoms with Gasteiger partial charge in [0.15, 0.2) is 9.84 Å². The third kappa shape index (κ3) is 3.66. The molecule has 2 heterocycles. The average Bonchev–Trinajstić information content (AvgIpc) is 2.58. The molecule has 2 saturated heterocycles. The van der Waals surface area contributed by atoms with Gasteiger partial charge in [0, 0.05) is 13.1 Å². The standard InChI is InChI=1S/C12H24N2O2S/c1-14-6-2-4-11(10-14)8-13-9-12-5-3-7-17(12,15)16/h11-13H,2-10H2,1H3. The normalized spacial score (nSPS) is 33.9. The molecule has 0 saturated carbocycles. The lowest BCUT2D eigenvalue weighted by Gasteiger charge is -2.30. The van der Waals surface area contributed by atoms with E-state index in [9.17, 15) is 8.42 Å². The molecule has 2 fully saturated rings. The Hall–Kier alpha value is -0.130. The second kappa shape index (κ2) is 5.67. The van der Waals surface area contributed by atoms with E-state index in [2.05, 4.69) is 17.3 Å². The van der Waals surface area contributed by atoms with E-state index in [4.69, 9.17) is 0 Å². The van der Waals surface area contributed by atoms with Crippen LogP contribution >= 0.6 is 0 Å². The summed E-state index contributed by atoms with van der Waals surface area (Å²) in [5.41, 5.74) is 0. The first-order valence-electron chi connectivity index (χ1n) is 6.69. The second-order valence-electron chi connectivity index (χ2n) is 5.56. The summed E-state index contributed by atoms with van der Waals surface area (Å²) in [7, 11) is -0.613. The number of nitrogens with one attached hydrogen (secondary N) is 1. The molecule has 0 aliphatic carbocycles. The Morgan fingerprint density at radius 1 is 1.24 bits per heavy atom. The van der Waals surface area contributed by atoms with Crippen molar-refractivity contribution < 1.29 is 8.42 Å². The van der Waals surface area contributed by atoms with Crippen LogP contribution in [0.25, 0.3) is 0 Å². The summed E-state index contributed by atoms with van der Waals surface area (Å²) in [6.45, 7) is 3.97. The van der Waals surface area contributed by atoms with Crippen LogP contribution in [0.2, 0.25) is 0 Å². The van der Waals surface area contributed by atoms with Gasteiger partial charge in [-0.3, -0.25) is 0 Å². The van der Waals surface area contributed by atoms with E-state index >= 15 is 0 Å². The van der Waals surface area contributed by atoms with E-state index in [1.807, 2.05) is 0 Å². The largest absolute Gasteiger partial charge is 0.315 e. The smallest absolute Gasteiger partial charge is 0.154 e. The second-order valence-corrected chi connectivity index (χ2v) is 7.96. The molecule has 2 unspecified atom stereocenters. The number of hydrogen-bond donors (Lipinski definition) is 1. The third-order valence-electron chi connectivity index (χ3n) is 3.99. The maximum Gasteiger partial charge on any atom is 0.154 e. The Morgan fingerprint density at radius 3 is 2.71 bits per heavy atom. The first kappa shape index (κ1) is 13.3. The van der Waals surface area contributed by atoms with Gasteiger partial charge in [0.1, 0.15) is 0 Å². The highest BCUT2D eigenvalue weighted by Crippen LogP contribution is 2.19. The first-order valence-corrected chi connectivity index (χ1v) is 8.40. The maximum absolute atomic E-state index is 11.6. The van der Waals surface area contributed by atoms with Crippen LogP contribution in [0.15, 0.2) is 0 Å². The fraction of sp³-hybridized carbons (Fsp3) is 1.00. The molecular weight excluding hydrogens is 236 g/mol. The van der Waals surface area contributed by atoms with Crippen molar-refractivity contribution in [1.29, 1.82) is 0 Å². The van der Waals surface area contributed by atoms with Gasteiger partial charge in [-0.2, -0.15) is 0 Å². The summed E-state index contributed by atoms with van der Waals surface area (Å²) >= 11 is 0. The maximum atomic E-state index is 11.6. The van der Waals surface area contributed by atoms with Crippen LogP contribution in [0.4, 0.5) is 0 Å². The van der Waals surface area contributed by atoms with Crippen molar-refractivity contribution in [3.05, 3.63) is 0 Å². The fourth-order valence-electron chi connectivity index (χ4n) is 2.98. The van der Waals surface area contributed by atoms with Gasteiger partial charge >= 0.3 is 0 Å². The van der Waals surface area contributed by atoms with Gasteiger partial charge in [-0.15, -0.1) is 0 Å². The molecule has 0 bridgehead atoms. The highest BCUT2D eigenvalue weighted by molar-refractivity contribution is 7.92. The summed E-state index contributed by atoms with van der Waals surface area (Å²) in [6, 6.07) is 0. The summed E-state index contributed by atoms with van der Waals surface area (Å²) in [5.74, 6) is 1.09. The van der Waals surface area contributed by atoms with Crippen LogP contribution in [-0.2, 0) is 9.84 Å². The molecule has 0 aromatic carbocycles. The van der Waals surface area contributed by atoms with Gasteiger partial charge in [0.2, 0.25) is 0 Å². The molecular formula is C12H24N2O2S. The van der Waals surface area contributed by atoms with Crippen LogP contribution in [0, 0.1) is 5.92 Å². The number of sulfone groups is 1. The zero-order valence-electron chi connectivity index (χ0n) is 10.7. The van der Waals surface area contributed by atoms with Gasteiger partial charge in [-0.25, -0.2) is 8.42 Å². The average molecular weight is 260 g/mol. The lowest BCUT2D eigenvalue weighted by Crippen LogP contribution is -2.39. The summed E-state index contributed by atoms with van der Waals surface area (Å²) in [6.07, 6.45) is 4.24. The predicted molar refractivity (Wildman–Crippen MR) is 69.9 cm³/mol. The Bertz CT molecular complexity index is 342. The minimum atomic E-state index is -2.77. The van der Waals surface area contributed by atoms with Crippen molar-refractivity contribution in [2.24, 2.45) is 5.92 Å². The molecule has 2 aliphatic heterocycles. The SMILES string of the molecule is CN1CCCC(CNCC2CCCS2(=O)=O)C1. The van der Waals surface area contributed by atoms with Crippen molar-refractivity contribution in [3.8, 4) is 0 Å². The van der Waals surface area contributed by atoms with E-state index < -0.39 is 9.84 Å². The van der Waals surface area contributed by atoms with Crippen LogP contribution in [-0.4, -0.2) is 57.5 Å². The van der Waals surface area contributed by atoms with Crippen molar-refractivity contribution in [2.75, 3.05) is 39.0 Å². The molecule has 100 valence electrons. The molecule has 17 heavy (non-hydrogen) atoms. The highest BCUT2D eigenvalue weighted by Gasteiger charge is 2.30. The minimum absolute atomic E-state index is 0.121. The molecule has 2 atom stereocenters. The molecule has 0 spiro atoms. The van der Waals surface area contributed by atoms with Gasteiger partial charge in [-0.1, -0.05) is 0 Å². The molecule has 0 aromatic heterocycles.